The first kappa shape index (κ1) is 13.4. The second-order valence-corrected chi connectivity index (χ2v) is 6.82. The Morgan fingerprint density at radius 1 is 1.21 bits per heavy atom. The molecule has 3 fully saturated rings. The highest BCUT2D eigenvalue weighted by molar-refractivity contribution is 5.75. The maximum atomic E-state index is 11.7. The minimum absolute atomic E-state index is 0.397. The minimum atomic E-state index is -0.663. The summed E-state index contributed by atoms with van der Waals surface area (Å²) in [5.74, 6) is 0.993. The van der Waals surface area contributed by atoms with Crippen LogP contribution in [0.5, 0.6) is 0 Å². The number of rotatable bonds is 7. The van der Waals surface area contributed by atoms with Gasteiger partial charge in [-0.1, -0.05) is 0 Å². The molecule has 0 aromatic heterocycles. The van der Waals surface area contributed by atoms with Crippen LogP contribution in [-0.2, 0) is 9.53 Å². The summed E-state index contributed by atoms with van der Waals surface area (Å²) >= 11 is 0. The van der Waals surface area contributed by atoms with Crippen molar-refractivity contribution in [2.45, 2.75) is 38.5 Å². The summed E-state index contributed by atoms with van der Waals surface area (Å²) in [5, 5.41) is 9.63. The molecule has 19 heavy (non-hydrogen) atoms. The molecule has 4 heteroatoms. The first-order chi connectivity index (χ1) is 9.18. The van der Waals surface area contributed by atoms with Gasteiger partial charge >= 0.3 is 5.97 Å². The minimum Gasteiger partial charge on any atom is -0.481 e. The van der Waals surface area contributed by atoms with Crippen LogP contribution in [0.4, 0.5) is 0 Å². The smallest absolute Gasteiger partial charge is 0.313 e. The fourth-order valence-electron chi connectivity index (χ4n) is 3.18. The molecule has 108 valence electrons. The molecule has 1 saturated heterocycles. The van der Waals surface area contributed by atoms with Gasteiger partial charge in [-0.25, -0.2) is 0 Å². The van der Waals surface area contributed by atoms with Crippen LogP contribution < -0.4 is 0 Å². The number of carboxylic acid groups (broad SMARTS) is 1. The molecule has 1 unspecified atom stereocenters. The maximum absolute atomic E-state index is 11.7. The Balaban J connectivity index is 1.63. The maximum Gasteiger partial charge on any atom is 0.313 e. The summed E-state index contributed by atoms with van der Waals surface area (Å²) in [6, 6.07) is 0. The fourth-order valence-corrected chi connectivity index (χ4v) is 3.18. The van der Waals surface area contributed by atoms with Crippen LogP contribution >= 0.6 is 0 Å². The van der Waals surface area contributed by atoms with E-state index in [9.17, 15) is 9.90 Å². The predicted molar refractivity (Wildman–Crippen MR) is 72.0 cm³/mol. The second-order valence-electron chi connectivity index (χ2n) is 6.82. The normalized spacial score (nSPS) is 31.6. The molecule has 4 nitrogen and oxygen atoms in total. The molecular weight excluding hydrogens is 242 g/mol. The Hall–Kier alpha value is -0.610. The van der Waals surface area contributed by atoms with Gasteiger partial charge in [-0.3, -0.25) is 4.79 Å². The quantitative estimate of drug-likeness (QED) is 0.766. The number of nitrogens with zero attached hydrogens (tertiary/aromatic N) is 1. The van der Waals surface area contributed by atoms with Crippen LogP contribution in [0.3, 0.4) is 0 Å². The molecule has 0 aromatic carbocycles. The second kappa shape index (κ2) is 5.41. The third-order valence-corrected chi connectivity index (χ3v) is 4.73. The van der Waals surface area contributed by atoms with Gasteiger partial charge in [0.2, 0.25) is 0 Å². The molecule has 1 aliphatic heterocycles. The van der Waals surface area contributed by atoms with Crippen LogP contribution in [-0.4, -0.2) is 48.8 Å². The molecule has 0 radical (unpaired) electrons. The van der Waals surface area contributed by atoms with E-state index in [2.05, 4.69) is 4.90 Å². The van der Waals surface area contributed by atoms with Crippen LogP contribution in [0.15, 0.2) is 0 Å². The lowest BCUT2D eigenvalue weighted by Gasteiger charge is -2.37. The van der Waals surface area contributed by atoms with Crippen LogP contribution in [0.1, 0.15) is 38.5 Å². The van der Waals surface area contributed by atoms with Gasteiger partial charge in [0, 0.05) is 26.2 Å². The Morgan fingerprint density at radius 2 is 1.84 bits per heavy atom. The molecule has 0 bridgehead atoms. The van der Waals surface area contributed by atoms with Gasteiger partial charge in [0.15, 0.2) is 0 Å². The Morgan fingerprint density at radius 3 is 2.26 bits per heavy atom. The van der Waals surface area contributed by atoms with Gasteiger partial charge in [-0.2, -0.15) is 0 Å². The number of carbonyl (C=O) groups is 1. The zero-order valence-corrected chi connectivity index (χ0v) is 11.6. The summed E-state index contributed by atoms with van der Waals surface area (Å²) in [7, 11) is 0. The number of carboxylic acids is 1. The van der Waals surface area contributed by atoms with Crippen LogP contribution in [0.25, 0.3) is 0 Å². The van der Waals surface area contributed by atoms with Crippen molar-refractivity contribution in [2.24, 2.45) is 17.3 Å². The standard InChI is InChI=1S/C15H25NO3/c17-14(18)15(6-1-7-19-11-15)10-16(8-12-2-3-12)9-13-4-5-13/h12-13H,1-11H2,(H,17,18). The zero-order chi connectivity index (χ0) is 13.3. The lowest BCUT2D eigenvalue weighted by molar-refractivity contribution is -0.159. The Kier molecular flexibility index (Phi) is 3.81. The highest BCUT2D eigenvalue weighted by Crippen LogP contribution is 2.37. The van der Waals surface area contributed by atoms with Crippen molar-refractivity contribution >= 4 is 5.97 Å². The van der Waals surface area contributed by atoms with Gasteiger partial charge in [0.1, 0.15) is 5.41 Å². The van der Waals surface area contributed by atoms with Crippen molar-refractivity contribution < 1.29 is 14.6 Å². The van der Waals surface area contributed by atoms with E-state index in [-0.39, 0.29) is 0 Å². The molecule has 2 aliphatic carbocycles. The van der Waals surface area contributed by atoms with E-state index in [0.29, 0.717) is 13.2 Å². The Bertz CT molecular complexity index is 316. The summed E-state index contributed by atoms with van der Waals surface area (Å²) < 4.78 is 5.48. The molecular formula is C15H25NO3. The average molecular weight is 267 g/mol. The van der Waals surface area contributed by atoms with Crippen molar-refractivity contribution in [3.05, 3.63) is 0 Å². The summed E-state index contributed by atoms with van der Waals surface area (Å²) in [5.41, 5.74) is -0.651. The van der Waals surface area contributed by atoms with E-state index in [1.54, 1.807) is 0 Å². The van der Waals surface area contributed by atoms with Gasteiger partial charge in [0.05, 0.1) is 6.61 Å². The van der Waals surface area contributed by atoms with E-state index in [4.69, 9.17) is 4.74 Å². The molecule has 1 atom stereocenters. The summed E-state index contributed by atoms with van der Waals surface area (Å²) in [6.45, 7) is 4.01. The van der Waals surface area contributed by atoms with Crippen molar-refractivity contribution in [3.8, 4) is 0 Å². The molecule has 2 saturated carbocycles. The monoisotopic (exact) mass is 267 g/mol. The van der Waals surface area contributed by atoms with Gasteiger partial charge in [-0.05, 0) is 50.4 Å². The van der Waals surface area contributed by atoms with Crippen LogP contribution in [0.2, 0.25) is 0 Å². The van der Waals surface area contributed by atoms with Crippen molar-refractivity contribution in [2.75, 3.05) is 32.8 Å². The highest BCUT2D eigenvalue weighted by Gasteiger charge is 2.43. The third-order valence-electron chi connectivity index (χ3n) is 4.73. The average Bonchev–Trinajstić information content (AvgIpc) is 3.26. The van der Waals surface area contributed by atoms with Crippen molar-refractivity contribution in [1.29, 1.82) is 0 Å². The number of hydrogen-bond donors (Lipinski definition) is 1. The lowest BCUT2D eigenvalue weighted by atomic mass is 9.82. The summed E-state index contributed by atoms with van der Waals surface area (Å²) in [4.78, 5) is 14.1. The lowest BCUT2D eigenvalue weighted by Crippen LogP contribution is -2.49. The van der Waals surface area contributed by atoms with E-state index >= 15 is 0 Å². The Labute approximate surface area is 115 Å². The molecule has 0 spiro atoms. The van der Waals surface area contributed by atoms with Gasteiger partial charge < -0.3 is 14.7 Å². The van der Waals surface area contributed by atoms with Crippen LogP contribution in [0, 0.1) is 17.3 Å². The molecule has 3 aliphatic rings. The van der Waals surface area contributed by atoms with Crippen molar-refractivity contribution in [3.63, 3.8) is 0 Å². The largest absolute Gasteiger partial charge is 0.481 e. The zero-order valence-electron chi connectivity index (χ0n) is 11.6. The molecule has 1 N–H and O–H groups in total. The van der Waals surface area contributed by atoms with E-state index < -0.39 is 11.4 Å². The molecule has 0 amide bonds. The van der Waals surface area contributed by atoms with E-state index in [1.807, 2.05) is 0 Å². The first-order valence-electron chi connectivity index (χ1n) is 7.71. The molecule has 0 aromatic rings. The topological polar surface area (TPSA) is 49.8 Å². The predicted octanol–water partition coefficient (Wildman–Crippen LogP) is 1.99. The summed E-state index contributed by atoms with van der Waals surface area (Å²) in [6.07, 6.45) is 6.98. The first-order valence-corrected chi connectivity index (χ1v) is 7.71. The van der Waals surface area contributed by atoms with Gasteiger partial charge in [0.25, 0.3) is 0 Å². The number of hydrogen-bond acceptors (Lipinski definition) is 3. The SMILES string of the molecule is O=C(O)C1(CN(CC2CC2)CC2CC2)CCCOC1. The number of aliphatic carboxylic acids is 1. The molecule has 3 rings (SSSR count). The fraction of sp³-hybridized carbons (Fsp3) is 0.933. The van der Waals surface area contributed by atoms with E-state index in [0.717, 1.165) is 44.4 Å². The van der Waals surface area contributed by atoms with Crippen molar-refractivity contribution in [1.82, 2.24) is 4.90 Å². The van der Waals surface area contributed by atoms with Gasteiger partial charge in [-0.15, -0.1) is 0 Å². The number of ether oxygens (including phenoxy) is 1. The third kappa shape index (κ3) is 3.48. The van der Waals surface area contributed by atoms with E-state index in [1.165, 1.54) is 25.7 Å². The molecule has 1 heterocycles. The highest BCUT2D eigenvalue weighted by atomic mass is 16.5.